The van der Waals surface area contributed by atoms with Crippen molar-refractivity contribution in [2.24, 2.45) is 0 Å². The molecule has 0 saturated carbocycles. The molecule has 3 rings (SSSR count). The SMILES string of the molecule is C=C/C=C(\C=C)COC1(C(F)(F)F)CCCC(=O)CCC(=O)c2nc(c(NC=O)cc2C(F)(F)F)-c2nnc1o2.COC(C)(C)C. The summed E-state index contributed by atoms with van der Waals surface area (Å²) in [5, 5.41) is 8.94. The minimum Gasteiger partial charge on any atom is -0.416 e. The Morgan fingerprint density at radius 2 is 1.72 bits per heavy atom. The van der Waals surface area contributed by atoms with Crippen LogP contribution in [-0.4, -0.2) is 58.7 Å². The van der Waals surface area contributed by atoms with Gasteiger partial charge in [-0.1, -0.05) is 31.4 Å². The van der Waals surface area contributed by atoms with Crippen LogP contribution in [0.1, 0.15) is 74.8 Å². The van der Waals surface area contributed by atoms with Gasteiger partial charge >= 0.3 is 12.4 Å². The Bertz CT molecular complexity index is 1460. The molecule has 10 nitrogen and oxygen atoms in total. The van der Waals surface area contributed by atoms with Crippen LogP contribution < -0.4 is 5.32 Å². The summed E-state index contributed by atoms with van der Waals surface area (Å²) in [6.07, 6.45) is -9.37. The summed E-state index contributed by atoms with van der Waals surface area (Å²) < 4.78 is 101. The minimum absolute atomic E-state index is 0.0116. The van der Waals surface area contributed by atoms with E-state index in [0.717, 1.165) is 0 Å². The van der Waals surface area contributed by atoms with Crippen LogP contribution >= 0.6 is 0 Å². The van der Waals surface area contributed by atoms with E-state index in [4.69, 9.17) is 13.9 Å². The number of hydrogen-bond donors (Lipinski definition) is 1. The molecule has 4 bridgehead atoms. The number of carbonyl (C=O) groups excluding carboxylic acids is 3. The summed E-state index contributed by atoms with van der Waals surface area (Å²) in [6.45, 7) is 12.4. The van der Waals surface area contributed by atoms with Crippen molar-refractivity contribution in [1.29, 1.82) is 0 Å². The summed E-state index contributed by atoms with van der Waals surface area (Å²) in [7, 11) is 1.71. The van der Waals surface area contributed by atoms with Crippen LogP contribution in [0.2, 0.25) is 0 Å². The van der Waals surface area contributed by atoms with Crippen molar-refractivity contribution >= 4 is 23.7 Å². The first-order valence-corrected chi connectivity index (χ1v) is 13.7. The van der Waals surface area contributed by atoms with Crippen LogP contribution in [0.15, 0.2) is 47.4 Å². The molecule has 2 aromatic heterocycles. The first-order valence-electron chi connectivity index (χ1n) is 13.7. The molecule has 1 N–H and O–H groups in total. The molecule has 3 heterocycles. The van der Waals surface area contributed by atoms with Gasteiger partial charge in [-0.15, -0.1) is 10.2 Å². The molecule has 0 saturated heterocycles. The molecule has 0 spiro atoms. The highest BCUT2D eigenvalue weighted by Crippen LogP contribution is 2.47. The number of halogens is 6. The zero-order chi connectivity index (χ0) is 34.9. The number of fused-ring (bicyclic) bond motifs is 5. The molecule has 0 radical (unpaired) electrons. The number of allylic oxidation sites excluding steroid dienone is 2. The van der Waals surface area contributed by atoms with Gasteiger partial charge in [-0.25, -0.2) is 4.98 Å². The lowest BCUT2D eigenvalue weighted by molar-refractivity contribution is -0.293. The zero-order valence-electron chi connectivity index (χ0n) is 25.6. The molecular weight excluding hydrogens is 626 g/mol. The standard InChI is InChI=1S/C25H22F6N4O5.C5H12O/c1-3-6-14(4-2)12-39-23(25(29,30)31)10-5-7-15(37)8-9-18(38)19-16(24(26,27)28)11-17(32-13-36)20(33-19)21-34-35-22(23)40-21;1-5(2,3)6-4/h3-4,6,11,13H,1-2,5,7-10,12H2,(H,32,36);1-4H3/b14-6+;. The van der Waals surface area contributed by atoms with Crippen LogP contribution in [0.3, 0.4) is 0 Å². The summed E-state index contributed by atoms with van der Waals surface area (Å²) >= 11 is 0. The number of aromatic nitrogens is 3. The summed E-state index contributed by atoms with van der Waals surface area (Å²) in [6, 6.07) is 0.367. The maximum atomic E-state index is 14.7. The number of hydrogen-bond acceptors (Lipinski definition) is 9. The topological polar surface area (TPSA) is 134 Å². The minimum atomic E-state index is -5.18. The molecular formula is C30H34F6N4O6. The van der Waals surface area contributed by atoms with Gasteiger partial charge in [0, 0.05) is 26.4 Å². The number of carbonyl (C=O) groups is 3. The maximum Gasteiger partial charge on any atom is 0.426 e. The van der Waals surface area contributed by atoms with E-state index in [-0.39, 0.29) is 17.6 Å². The van der Waals surface area contributed by atoms with Gasteiger partial charge in [0.2, 0.25) is 12.0 Å². The van der Waals surface area contributed by atoms with Crippen LogP contribution in [0.25, 0.3) is 11.6 Å². The second kappa shape index (κ2) is 15.4. The molecule has 1 atom stereocenters. The van der Waals surface area contributed by atoms with Gasteiger partial charge in [-0.3, -0.25) is 14.4 Å². The van der Waals surface area contributed by atoms with E-state index in [1.165, 1.54) is 18.2 Å². The van der Waals surface area contributed by atoms with E-state index in [0.29, 0.717) is 6.07 Å². The van der Waals surface area contributed by atoms with Crippen molar-refractivity contribution < 1.29 is 54.6 Å². The average molecular weight is 661 g/mol. The monoisotopic (exact) mass is 660 g/mol. The van der Waals surface area contributed by atoms with Crippen molar-refractivity contribution in [3.05, 3.63) is 60.2 Å². The highest BCUT2D eigenvalue weighted by atomic mass is 19.4. The number of amides is 1. The highest BCUT2D eigenvalue weighted by molar-refractivity contribution is 5.99. The number of nitrogens with one attached hydrogen (secondary N) is 1. The molecule has 16 heteroatoms. The first kappa shape index (κ1) is 38.0. The number of ether oxygens (including phenoxy) is 2. The summed E-state index contributed by atoms with van der Waals surface area (Å²) in [4.78, 5) is 39.9. The van der Waals surface area contributed by atoms with Crippen LogP contribution in [-0.2, 0) is 30.8 Å². The number of rotatable bonds is 7. The molecule has 1 unspecified atom stereocenters. The third-order valence-electron chi connectivity index (χ3n) is 6.54. The Balaban J connectivity index is 0.00000112. The normalized spacial score (nSPS) is 18.2. The van der Waals surface area contributed by atoms with Crippen molar-refractivity contribution in [1.82, 2.24) is 15.2 Å². The fourth-order valence-corrected chi connectivity index (χ4v) is 3.91. The Kier molecular flexibility index (Phi) is 12.7. The quantitative estimate of drug-likeness (QED) is 0.191. The lowest BCUT2D eigenvalue weighted by Gasteiger charge is -2.32. The first-order chi connectivity index (χ1) is 21.3. The van der Waals surface area contributed by atoms with E-state index >= 15 is 0 Å². The van der Waals surface area contributed by atoms with Crippen LogP contribution in [0.4, 0.5) is 32.0 Å². The van der Waals surface area contributed by atoms with E-state index in [1.54, 1.807) is 7.11 Å². The Morgan fingerprint density at radius 1 is 1.07 bits per heavy atom. The molecule has 1 aliphatic rings. The summed E-state index contributed by atoms with van der Waals surface area (Å²) in [5.41, 5.74) is -7.04. The van der Waals surface area contributed by atoms with Crippen molar-refractivity contribution in [3.63, 3.8) is 0 Å². The second-order valence-corrected chi connectivity index (χ2v) is 10.9. The molecule has 252 valence electrons. The molecule has 0 aliphatic carbocycles. The fraction of sp³-hybridized carbons (Fsp3) is 0.467. The maximum absolute atomic E-state index is 14.7. The van der Waals surface area contributed by atoms with Gasteiger partial charge in [-0.05, 0) is 45.3 Å². The lowest BCUT2D eigenvalue weighted by atomic mass is 9.93. The molecule has 2 aromatic rings. The third-order valence-corrected chi connectivity index (χ3v) is 6.54. The van der Waals surface area contributed by atoms with Gasteiger partial charge in [0.25, 0.3) is 11.8 Å². The zero-order valence-corrected chi connectivity index (χ0v) is 25.6. The van der Waals surface area contributed by atoms with Crippen molar-refractivity contribution in [2.45, 2.75) is 76.4 Å². The highest BCUT2D eigenvalue weighted by Gasteiger charge is 2.61. The lowest BCUT2D eigenvalue weighted by Crippen LogP contribution is -2.45. The Labute approximate surface area is 260 Å². The number of Topliss-reactive ketones (excluding diaryl/α,β-unsaturated/α-hetero) is 2. The van der Waals surface area contributed by atoms with E-state index in [1.807, 2.05) is 26.1 Å². The second-order valence-electron chi connectivity index (χ2n) is 10.9. The molecule has 46 heavy (non-hydrogen) atoms. The molecule has 1 aliphatic heterocycles. The predicted molar refractivity (Wildman–Crippen MR) is 154 cm³/mol. The van der Waals surface area contributed by atoms with Gasteiger partial charge < -0.3 is 19.2 Å². The average Bonchev–Trinajstić information content (AvgIpc) is 3.45. The molecule has 0 aromatic carbocycles. The number of methoxy groups -OCH3 is 1. The van der Waals surface area contributed by atoms with E-state index in [2.05, 4.69) is 28.3 Å². The van der Waals surface area contributed by atoms with Gasteiger partial charge in [0.15, 0.2) is 11.5 Å². The molecule has 1 amide bonds. The molecule has 0 fully saturated rings. The van der Waals surface area contributed by atoms with Crippen LogP contribution in [0.5, 0.6) is 0 Å². The predicted octanol–water partition coefficient (Wildman–Crippen LogP) is 6.94. The van der Waals surface area contributed by atoms with Crippen LogP contribution in [0, 0.1) is 0 Å². The Hall–Kier alpha value is -4.18. The largest absolute Gasteiger partial charge is 0.426 e. The number of nitrogens with zero attached hydrogens (tertiary/aromatic N) is 3. The van der Waals surface area contributed by atoms with Crippen molar-refractivity contribution in [2.75, 3.05) is 19.0 Å². The number of pyridine rings is 1. The van der Waals surface area contributed by atoms with Gasteiger partial charge in [0.1, 0.15) is 11.5 Å². The number of alkyl halides is 6. The van der Waals surface area contributed by atoms with E-state index < -0.39 is 103 Å². The smallest absolute Gasteiger partial charge is 0.416 e. The third kappa shape index (κ3) is 9.66. The van der Waals surface area contributed by atoms with Crippen molar-refractivity contribution in [3.8, 4) is 11.6 Å². The van der Waals surface area contributed by atoms with E-state index in [9.17, 15) is 40.7 Å². The Morgan fingerprint density at radius 3 is 2.24 bits per heavy atom. The summed E-state index contributed by atoms with van der Waals surface area (Å²) in [5.74, 6) is -3.78. The fourth-order valence-electron chi connectivity index (χ4n) is 3.91. The van der Waals surface area contributed by atoms with Gasteiger partial charge in [0.05, 0.1) is 23.5 Å². The van der Waals surface area contributed by atoms with Gasteiger partial charge in [-0.2, -0.15) is 26.3 Å². The number of ketones is 2. The number of anilines is 1.